The van der Waals surface area contributed by atoms with Crippen molar-refractivity contribution in [1.29, 1.82) is 0 Å². The third kappa shape index (κ3) is 1.52. The van der Waals surface area contributed by atoms with Gasteiger partial charge in [0.2, 0.25) is 0 Å². The van der Waals surface area contributed by atoms with Gasteiger partial charge in [0.05, 0.1) is 6.20 Å². The highest BCUT2D eigenvalue weighted by atomic mass is 16.4. The smallest absolute Gasteiger partial charge is 0.327 e. The average Bonchev–Trinajstić information content (AvgIpc) is 2.15. The van der Waals surface area contributed by atoms with Crippen molar-refractivity contribution < 1.29 is 9.90 Å². The first-order valence-corrected chi connectivity index (χ1v) is 2.27. The van der Waals surface area contributed by atoms with Gasteiger partial charge >= 0.3 is 5.97 Å². The first-order valence-electron chi connectivity index (χ1n) is 2.27. The number of aliphatic carboxylic acids is 1. The Hall–Kier alpha value is -1.39. The Morgan fingerprint density at radius 1 is 1.89 bits per heavy atom. The molecule has 0 aliphatic carbocycles. The van der Waals surface area contributed by atoms with Crippen LogP contribution in [0, 0.1) is 6.20 Å². The van der Waals surface area contributed by atoms with Gasteiger partial charge in [0.25, 0.3) is 0 Å². The van der Waals surface area contributed by atoms with E-state index in [1.54, 1.807) is 0 Å². The normalized spacial score (nSPS) is 9.33. The van der Waals surface area contributed by atoms with Gasteiger partial charge < -0.3 is 5.11 Å². The molecule has 0 aliphatic heterocycles. The summed E-state index contributed by atoms with van der Waals surface area (Å²) in [5.74, 6) is -0.959. The van der Waals surface area contributed by atoms with Gasteiger partial charge in [-0.15, -0.1) is 0 Å². The van der Waals surface area contributed by atoms with Gasteiger partial charge in [0.1, 0.15) is 6.20 Å². The van der Waals surface area contributed by atoms with E-state index in [1.165, 1.54) is 6.20 Å². The maximum atomic E-state index is 9.95. The Balaban J connectivity index is 2.58. The van der Waals surface area contributed by atoms with Crippen molar-refractivity contribution in [1.82, 2.24) is 15.0 Å². The summed E-state index contributed by atoms with van der Waals surface area (Å²) in [4.78, 5) is 11.0. The molecule has 0 aromatic carbocycles. The predicted octanol–water partition coefficient (Wildman–Crippen LogP) is -0.837. The lowest BCUT2D eigenvalue weighted by molar-refractivity contribution is -0.138. The molecule has 0 fully saturated rings. The molecule has 0 aliphatic rings. The van der Waals surface area contributed by atoms with Crippen LogP contribution in [0.5, 0.6) is 0 Å². The molecule has 1 aromatic heterocycles. The number of carbonyl (C=O) groups is 1. The Labute approximate surface area is 50.9 Å². The maximum absolute atomic E-state index is 9.95. The molecule has 0 bridgehead atoms. The summed E-state index contributed by atoms with van der Waals surface area (Å²) in [6.45, 7) is -0.205. The molecule has 0 unspecified atom stereocenters. The lowest BCUT2D eigenvalue weighted by Gasteiger charge is -1.89. The van der Waals surface area contributed by atoms with E-state index in [0.29, 0.717) is 0 Å². The molecule has 0 saturated carbocycles. The van der Waals surface area contributed by atoms with E-state index in [4.69, 9.17) is 5.11 Å². The third-order valence-electron chi connectivity index (χ3n) is 0.699. The van der Waals surface area contributed by atoms with Crippen molar-refractivity contribution in [3.05, 3.63) is 12.4 Å². The van der Waals surface area contributed by atoms with Crippen LogP contribution < -0.4 is 0 Å². The number of hydrogen-bond acceptors (Lipinski definition) is 3. The number of nitrogens with zero attached hydrogens (tertiary/aromatic N) is 3. The van der Waals surface area contributed by atoms with Crippen LogP contribution in [0.3, 0.4) is 0 Å². The predicted molar refractivity (Wildman–Crippen MR) is 26.5 cm³/mol. The molecular weight excluding hydrogens is 122 g/mol. The van der Waals surface area contributed by atoms with Crippen LogP contribution in [0.1, 0.15) is 0 Å². The minimum atomic E-state index is -0.959. The largest absolute Gasteiger partial charge is 0.480 e. The first-order chi connectivity index (χ1) is 4.29. The zero-order valence-electron chi connectivity index (χ0n) is 4.48. The summed E-state index contributed by atoms with van der Waals surface area (Å²) in [7, 11) is 0. The molecule has 9 heavy (non-hydrogen) atoms. The van der Waals surface area contributed by atoms with E-state index in [-0.39, 0.29) is 6.54 Å². The van der Waals surface area contributed by atoms with E-state index in [2.05, 4.69) is 16.4 Å². The molecular formula is C4H4N3O2. The van der Waals surface area contributed by atoms with E-state index in [1.807, 2.05) is 0 Å². The fourth-order valence-electron chi connectivity index (χ4n) is 0.408. The van der Waals surface area contributed by atoms with Crippen molar-refractivity contribution in [2.45, 2.75) is 6.54 Å². The van der Waals surface area contributed by atoms with Crippen LogP contribution in [0.2, 0.25) is 0 Å². The van der Waals surface area contributed by atoms with Gasteiger partial charge in [-0.1, -0.05) is 0 Å². The summed E-state index contributed by atoms with van der Waals surface area (Å²) >= 11 is 0. The van der Waals surface area contributed by atoms with Crippen LogP contribution in [0.4, 0.5) is 0 Å². The third-order valence-corrected chi connectivity index (χ3v) is 0.699. The lowest BCUT2D eigenvalue weighted by atomic mass is 10.7. The number of hydrogen-bond donors (Lipinski definition) is 1. The van der Waals surface area contributed by atoms with Crippen LogP contribution in [0.25, 0.3) is 0 Å². The van der Waals surface area contributed by atoms with Crippen molar-refractivity contribution in [3.63, 3.8) is 0 Å². The number of rotatable bonds is 2. The summed E-state index contributed by atoms with van der Waals surface area (Å²) in [5, 5.41) is 15.2. The molecule has 0 spiro atoms. The van der Waals surface area contributed by atoms with E-state index in [9.17, 15) is 4.79 Å². The van der Waals surface area contributed by atoms with Crippen molar-refractivity contribution in [2.24, 2.45) is 0 Å². The Bertz CT molecular complexity index is 194. The minimum absolute atomic E-state index is 0.205. The topological polar surface area (TPSA) is 68.0 Å². The Morgan fingerprint density at radius 3 is 3.11 bits per heavy atom. The molecule has 47 valence electrons. The average molecular weight is 126 g/mol. The van der Waals surface area contributed by atoms with E-state index in [0.717, 1.165) is 4.80 Å². The molecule has 1 rings (SSSR count). The summed E-state index contributed by atoms with van der Waals surface area (Å²) in [5.41, 5.74) is 0. The van der Waals surface area contributed by atoms with Crippen LogP contribution >= 0.6 is 0 Å². The molecule has 0 saturated heterocycles. The van der Waals surface area contributed by atoms with Crippen molar-refractivity contribution in [2.75, 3.05) is 0 Å². The second kappa shape index (κ2) is 2.25. The fraction of sp³-hybridized carbons (Fsp3) is 0.250. The molecule has 5 heteroatoms. The first kappa shape index (κ1) is 5.74. The Morgan fingerprint density at radius 2 is 2.67 bits per heavy atom. The molecule has 0 amide bonds. The summed E-state index contributed by atoms with van der Waals surface area (Å²) in [6, 6.07) is 0. The van der Waals surface area contributed by atoms with Gasteiger partial charge in [-0.25, -0.2) is 0 Å². The van der Waals surface area contributed by atoms with Crippen molar-refractivity contribution >= 4 is 5.97 Å². The van der Waals surface area contributed by atoms with Crippen molar-refractivity contribution in [3.8, 4) is 0 Å². The molecule has 1 radical (unpaired) electrons. The zero-order chi connectivity index (χ0) is 6.69. The molecule has 1 aromatic rings. The highest BCUT2D eigenvalue weighted by Crippen LogP contribution is 1.75. The van der Waals surface area contributed by atoms with Gasteiger partial charge in [-0.3, -0.25) is 4.79 Å². The maximum Gasteiger partial charge on any atom is 0.327 e. The SMILES string of the molecule is O=C(O)Cn1n[c]cn1. The second-order valence-electron chi connectivity index (χ2n) is 1.40. The second-order valence-corrected chi connectivity index (χ2v) is 1.40. The molecule has 0 atom stereocenters. The zero-order valence-corrected chi connectivity index (χ0v) is 4.48. The summed E-state index contributed by atoms with van der Waals surface area (Å²) < 4.78 is 0. The molecule has 1 N–H and O–H groups in total. The monoisotopic (exact) mass is 126 g/mol. The van der Waals surface area contributed by atoms with Gasteiger partial charge in [0.15, 0.2) is 6.54 Å². The fourth-order valence-corrected chi connectivity index (χ4v) is 0.408. The van der Waals surface area contributed by atoms with Gasteiger partial charge in [0, 0.05) is 0 Å². The number of carboxylic acids is 1. The standard InChI is InChI=1S/C4H4N3O2/c8-4(9)3-7-5-1-2-6-7/h1H,3H2,(H,8,9). The van der Waals surface area contributed by atoms with Gasteiger partial charge in [-0.2, -0.15) is 15.0 Å². The number of aromatic nitrogens is 3. The van der Waals surface area contributed by atoms with E-state index >= 15 is 0 Å². The van der Waals surface area contributed by atoms with Crippen LogP contribution in [-0.4, -0.2) is 26.1 Å². The van der Waals surface area contributed by atoms with Crippen LogP contribution in [0.15, 0.2) is 6.20 Å². The lowest BCUT2D eigenvalue weighted by Crippen LogP contribution is -2.11. The summed E-state index contributed by atoms with van der Waals surface area (Å²) in [6.07, 6.45) is 3.68. The highest BCUT2D eigenvalue weighted by molar-refractivity contribution is 5.66. The van der Waals surface area contributed by atoms with Gasteiger partial charge in [-0.05, 0) is 0 Å². The Kier molecular flexibility index (Phi) is 1.44. The molecule has 1 heterocycles. The van der Waals surface area contributed by atoms with E-state index < -0.39 is 5.97 Å². The molecule has 5 nitrogen and oxygen atoms in total. The number of carboxylic acid groups (broad SMARTS) is 1. The van der Waals surface area contributed by atoms with Crippen LogP contribution in [-0.2, 0) is 11.3 Å². The minimum Gasteiger partial charge on any atom is -0.480 e. The highest BCUT2D eigenvalue weighted by Gasteiger charge is 1.97. The quantitative estimate of drug-likeness (QED) is 0.561.